The highest BCUT2D eigenvalue weighted by atomic mass is 32.1. The van der Waals surface area contributed by atoms with Gasteiger partial charge in [-0.2, -0.15) is 0 Å². The Balaban J connectivity index is 1.67. The Morgan fingerprint density at radius 2 is 2.30 bits per heavy atom. The van der Waals surface area contributed by atoms with Gasteiger partial charge in [-0.3, -0.25) is 5.32 Å². The number of aromatic amines is 1. The lowest BCUT2D eigenvalue weighted by Gasteiger charge is -2.30. The lowest BCUT2D eigenvalue weighted by atomic mass is 9.86. The van der Waals surface area contributed by atoms with E-state index in [9.17, 15) is 0 Å². The fraction of sp³-hybridized carbons (Fsp3) is 0.316. The summed E-state index contributed by atoms with van der Waals surface area (Å²) in [4.78, 5) is 9.09. The number of benzene rings is 1. The van der Waals surface area contributed by atoms with E-state index < -0.39 is 0 Å². The highest BCUT2D eigenvalue weighted by Gasteiger charge is 2.26. The largest absolute Gasteiger partial charge is 0.347 e. The van der Waals surface area contributed by atoms with Crippen LogP contribution in [0.2, 0.25) is 0 Å². The first kappa shape index (κ1) is 14.7. The van der Waals surface area contributed by atoms with Gasteiger partial charge in [0.1, 0.15) is 11.9 Å². The van der Waals surface area contributed by atoms with Crippen LogP contribution in [0.3, 0.4) is 0 Å². The monoisotopic (exact) mass is 323 g/mol. The molecule has 4 rings (SSSR count). The van der Waals surface area contributed by atoms with Crippen molar-refractivity contribution in [2.24, 2.45) is 0 Å². The summed E-state index contributed by atoms with van der Waals surface area (Å²) in [6, 6.07) is 11.7. The standard InChI is InChI=1S/C19H21N3S/c1-13-7-8-14-4-2-5-16(15(14)12-13)22-18(17-6-3-11-23-17)19-20-9-10-21-19/h3,6-12,16,18,22H,2,4-5H2,1H3,(H,20,21). The third-order valence-electron chi connectivity index (χ3n) is 4.60. The number of hydrogen-bond acceptors (Lipinski definition) is 3. The predicted octanol–water partition coefficient (Wildman–Crippen LogP) is 4.54. The van der Waals surface area contributed by atoms with Gasteiger partial charge in [0.15, 0.2) is 0 Å². The molecule has 0 radical (unpaired) electrons. The van der Waals surface area contributed by atoms with Crippen LogP contribution in [0.4, 0.5) is 0 Å². The molecule has 3 aromatic rings. The Morgan fingerprint density at radius 1 is 1.35 bits per heavy atom. The van der Waals surface area contributed by atoms with Crippen molar-refractivity contribution in [3.05, 3.63) is 75.5 Å². The number of H-pyrrole nitrogens is 1. The van der Waals surface area contributed by atoms with E-state index in [2.05, 4.69) is 57.9 Å². The number of nitrogens with one attached hydrogen (secondary N) is 2. The number of aryl methyl sites for hydroxylation is 2. The van der Waals surface area contributed by atoms with Crippen LogP contribution in [0, 0.1) is 6.92 Å². The minimum atomic E-state index is 0.126. The van der Waals surface area contributed by atoms with Crippen LogP contribution < -0.4 is 5.32 Å². The highest BCUT2D eigenvalue weighted by molar-refractivity contribution is 7.10. The molecule has 3 nitrogen and oxygen atoms in total. The molecule has 0 fully saturated rings. The molecule has 2 N–H and O–H groups in total. The number of nitrogens with zero attached hydrogens (tertiary/aromatic N) is 1. The zero-order valence-electron chi connectivity index (χ0n) is 13.3. The molecule has 2 heterocycles. The second-order valence-electron chi connectivity index (χ2n) is 6.24. The first-order valence-electron chi connectivity index (χ1n) is 8.19. The molecule has 2 unspecified atom stereocenters. The molecule has 2 atom stereocenters. The van der Waals surface area contributed by atoms with Crippen LogP contribution in [0.15, 0.2) is 48.1 Å². The van der Waals surface area contributed by atoms with Crippen LogP contribution >= 0.6 is 11.3 Å². The third-order valence-corrected chi connectivity index (χ3v) is 5.54. The van der Waals surface area contributed by atoms with Crippen LogP contribution in [0.1, 0.15) is 52.3 Å². The maximum absolute atomic E-state index is 4.50. The van der Waals surface area contributed by atoms with Crippen molar-refractivity contribution >= 4 is 11.3 Å². The summed E-state index contributed by atoms with van der Waals surface area (Å²) in [6.07, 6.45) is 7.34. The highest BCUT2D eigenvalue weighted by Crippen LogP contribution is 2.34. The molecule has 0 bridgehead atoms. The van der Waals surface area contributed by atoms with Gasteiger partial charge in [0.05, 0.1) is 0 Å². The van der Waals surface area contributed by atoms with Crippen molar-refractivity contribution in [2.75, 3.05) is 0 Å². The Morgan fingerprint density at radius 3 is 3.09 bits per heavy atom. The minimum absolute atomic E-state index is 0.126. The van der Waals surface area contributed by atoms with Crippen molar-refractivity contribution in [1.29, 1.82) is 0 Å². The van der Waals surface area contributed by atoms with Gasteiger partial charge in [0.25, 0.3) is 0 Å². The minimum Gasteiger partial charge on any atom is -0.347 e. The van der Waals surface area contributed by atoms with Gasteiger partial charge in [-0.1, -0.05) is 29.8 Å². The normalized spacial score (nSPS) is 18.6. The molecule has 118 valence electrons. The average Bonchev–Trinajstić information content (AvgIpc) is 3.26. The second-order valence-corrected chi connectivity index (χ2v) is 7.22. The molecule has 1 aliphatic rings. The van der Waals surface area contributed by atoms with Crippen molar-refractivity contribution < 1.29 is 0 Å². The number of fused-ring (bicyclic) bond motifs is 1. The van der Waals surface area contributed by atoms with E-state index in [1.165, 1.54) is 40.8 Å². The molecule has 0 amide bonds. The fourth-order valence-electron chi connectivity index (χ4n) is 3.48. The summed E-state index contributed by atoms with van der Waals surface area (Å²) < 4.78 is 0. The summed E-state index contributed by atoms with van der Waals surface area (Å²) in [6.45, 7) is 2.18. The van der Waals surface area contributed by atoms with Crippen LogP contribution in [0.25, 0.3) is 0 Å². The van der Waals surface area contributed by atoms with Gasteiger partial charge in [-0.25, -0.2) is 4.98 Å². The quantitative estimate of drug-likeness (QED) is 0.740. The summed E-state index contributed by atoms with van der Waals surface area (Å²) in [5.41, 5.74) is 4.29. The van der Waals surface area contributed by atoms with Gasteiger partial charge in [0.2, 0.25) is 0 Å². The van der Waals surface area contributed by atoms with Crippen molar-refractivity contribution in [3.8, 4) is 0 Å². The van der Waals surface area contributed by atoms with E-state index in [0.29, 0.717) is 6.04 Å². The summed E-state index contributed by atoms with van der Waals surface area (Å²) in [7, 11) is 0. The molecule has 0 aliphatic heterocycles. The summed E-state index contributed by atoms with van der Waals surface area (Å²) in [5.74, 6) is 0.993. The Bertz CT molecular complexity index is 728. The van der Waals surface area contributed by atoms with Crippen molar-refractivity contribution in [3.63, 3.8) is 0 Å². The fourth-order valence-corrected chi connectivity index (χ4v) is 4.27. The van der Waals surface area contributed by atoms with Crippen molar-refractivity contribution in [1.82, 2.24) is 15.3 Å². The lowest BCUT2D eigenvalue weighted by molar-refractivity contribution is 0.423. The smallest absolute Gasteiger partial charge is 0.128 e. The number of rotatable bonds is 4. The van der Waals surface area contributed by atoms with Gasteiger partial charge >= 0.3 is 0 Å². The van der Waals surface area contributed by atoms with Crippen LogP contribution in [-0.4, -0.2) is 9.97 Å². The van der Waals surface area contributed by atoms with E-state index in [1.54, 1.807) is 11.3 Å². The number of imidazole rings is 1. The molecule has 0 spiro atoms. The Labute approximate surface area is 140 Å². The van der Waals surface area contributed by atoms with Crippen molar-refractivity contribution in [2.45, 2.75) is 38.3 Å². The molecule has 1 aromatic carbocycles. The van der Waals surface area contributed by atoms with Gasteiger partial charge in [0, 0.05) is 23.3 Å². The van der Waals surface area contributed by atoms with Crippen LogP contribution in [-0.2, 0) is 6.42 Å². The molecule has 1 aliphatic carbocycles. The van der Waals surface area contributed by atoms with E-state index in [0.717, 1.165) is 5.82 Å². The molecule has 2 aromatic heterocycles. The summed E-state index contributed by atoms with van der Waals surface area (Å²) >= 11 is 1.78. The topological polar surface area (TPSA) is 40.7 Å². The van der Waals surface area contributed by atoms with E-state index in [1.807, 2.05) is 12.4 Å². The molecule has 4 heteroatoms. The lowest BCUT2D eigenvalue weighted by Crippen LogP contribution is -2.30. The first-order chi connectivity index (χ1) is 11.3. The zero-order valence-corrected chi connectivity index (χ0v) is 14.1. The van der Waals surface area contributed by atoms with E-state index in [4.69, 9.17) is 0 Å². The second kappa shape index (κ2) is 6.30. The maximum atomic E-state index is 4.50. The Kier molecular flexibility index (Phi) is 4.02. The molecule has 0 saturated carbocycles. The predicted molar refractivity (Wildman–Crippen MR) is 94.7 cm³/mol. The third kappa shape index (κ3) is 2.96. The number of hydrogen-bond donors (Lipinski definition) is 2. The van der Waals surface area contributed by atoms with Crippen LogP contribution in [0.5, 0.6) is 0 Å². The average molecular weight is 323 g/mol. The van der Waals surface area contributed by atoms with E-state index >= 15 is 0 Å². The number of thiophene rings is 1. The van der Waals surface area contributed by atoms with Gasteiger partial charge in [-0.15, -0.1) is 11.3 Å². The first-order valence-corrected chi connectivity index (χ1v) is 9.07. The molecule has 0 saturated heterocycles. The SMILES string of the molecule is Cc1ccc2c(c1)C(NC(c1ncc[nH]1)c1cccs1)CCC2. The summed E-state index contributed by atoms with van der Waals surface area (Å²) in [5, 5.41) is 5.99. The molecule has 23 heavy (non-hydrogen) atoms. The molecular formula is C19H21N3S. The molecular weight excluding hydrogens is 302 g/mol. The van der Waals surface area contributed by atoms with E-state index in [-0.39, 0.29) is 6.04 Å². The van der Waals surface area contributed by atoms with Gasteiger partial charge in [-0.05, 0) is 48.8 Å². The zero-order chi connectivity index (χ0) is 15.6. The maximum Gasteiger partial charge on any atom is 0.128 e. The number of aromatic nitrogens is 2. The van der Waals surface area contributed by atoms with Gasteiger partial charge < -0.3 is 4.98 Å². The Hall–Kier alpha value is -1.91.